The molecule has 0 amide bonds. The van der Waals surface area contributed by atoms with Gasteiger partial charge in [-0.3, -0.25) is 0 Å². The van der Waals surface area contributed by atoms with Crippen LogP contribution in [0.15, 0.2) is 42.6 Å². The number of anilines is 1. The highest BCUT2D eigenvalue weighted by Gasteiger charge is 2.32. The van der Waals surface area contributed by atoms with E-state index < -0.39 is 11.7 Å². The van der Waals surface area contributed by atoms with Crippen LogP contribution in [0.1, 0.15) is 27.8 Å². The fourth-order valence-corrected chi connectivity index (χ4v) is 3.45. The van der Waals surface area contributed by atoms with Crippen molar-refractivity contribution in [3.63, 3.8) is 0 Å². The van der Waals surface area contributed by atoms with Crippen molar-refractivity contribution in [1.29, 1.82) is 10.5 Å². The van der Waals surface area contributed by atoms with E-state index in [1.54, 1.807) is 18.2 Å². The van der Waals surface area contributed by atoms with Crippen LogP contribution in [0.25, 0.3) is 22.3 Å². The summed E-state index contributed by atoms with van der Waals surface area (Å²) in [5.41, 5.74) is 7.42. The number of rotatable bonds is 3. The number of benzene rings is 2. The maximum absolute atomic E-state index is 13.3. The monoisotopic (exact) mass is 433 g/mol. The van der Waals surface area contributed by atoms with Gasteiger partial charge in [-0.05, 0) is 42.3 Å². The Morgan fingerprint density at radius 3 is 2.34 bits per heavy atom. The second-order valence-electron chi connectivity index (χ2n) is 7.14. The molecule has 2 N–H and O–H groups in total. The van der Waals surface area contributed by atoms with Crippen molar-refractivity contribution in [3.05, 3.63) is 70.4 Å². The number of nitrogen functional groups attached to an aromatic ring is 1. The summed E-state index contributed by atoms with van der Waals surface area (Å²) in [7, 11) is 0. The number of alkyl halides is 3. The topological polar surface area (TPSA) is 117 Å². The molecule has 32 heavy (non-hydrogen) atoms. The second kappa shape index (κ2) is 7.67. The molecule has 10 heteroatoms. The number of fused-ring (bicyclic) bond motifs is 1. The molecule has 4 aromatic rings. The maximum Gasteiger partial charge on any atom is 0.416 e. The minimum absolute atomic E-state index is 0.0322. The molecule has 0 saturated heterocycles. The third-order valence-corrected chi connectivity index (χ3v) is 4.92. The number of aryl methyl sites for hydroxylation is 1. The van der Waals surface area contributed by atoms with E-state index in [2.05, 4.69) is 15.1 Å². The number of nitrogens with zero attached hydrogens (tertiary/aromatic N) is 6. The van der Waals surface area contributed by atoms with Gasteiger partial charge in [-0.1, -0.05) is 12.1 Å². The number of halogens is 3. The van der Waals surface area contributed by atoms with Crippen molar-refractivity contribution >= 4 is 17.0 Å². The highest BCUT2D eigenvalue weighted by atomic mass is 19.4. The van der Waals surface area contributed by atoms with Crippen LogP contribution in [-0.2, 0) is 12.7 Å². The minimum atomic E-state index is -4.46. The molecule has 7 nitrogen and oxygen atoms in total. The average molecular weight is 433 g/mol. The summed E-state index contributed by atoms with van der Waals surface area (Å²) in [6.07, 6.45) is -2.98. The van der Waals surface area contributed by atoms with Gasteiger partial charge in [0.25, 0.3) is 0 Å². The third kappa shape index (κ3) is 3.82. The first-order valence-electron chi connectivity index (χ1n) is 9.31. The van der Waals surface area contributed by atoms with Crippen LogP contribution < -0.4 is 5.73 Å². The summed E-state index contributed by atoms with van der Waals surface area (Å²) in [6, 6.07) is 12.7. The molecule has 0 fully saturated rings. The van der Waals surface area contributed by atoms with Gasteiger partial charge in [-0.15, -0.1) is 0 Å². The number of nitrogens with two attached hydrogens (primary N) is 1. The molecule has 2 aromatic heterocycles. The van der Waals surface area contributed by atoms with Crippen LogP contribution in [0.3, 0.4) is 0 Å². The maximum atomic E-state index is 13.3. The van der Waals surface area contributed by atoms with Crippen LogP contribution in [0.5, 0.6) is 0 Å². The van der Waals surface area contributed by atoms with Crippen molar-refractivity contribution in [3.8, 4) is 23.4 Å². The molecule has 0 aliphatic carbocycles. The first kappa shape index (κ1) is 20.8. The fraction of sp³-hybridized carbons (Fsp3) is 0.136. The minimum Gasteiger partial charge on any atom is -0.368 e. The van der Waals surface area contributed by atoms with Gasteiger partial charge in [0.1, 0.15) is 0 Å². The Balaban J connectivity index is 1.83. The normalized spacial score (nSPS) is 11.3. The zero-order valence-electron chi connectivity index (χ0n) is 16.6. The van der Waals surface area contributed by atoms with E-state index in [-0.39, 0.29) is 29.2 Å². The Labute approximate surface area is 180 Å². The molecule has 158 valence electrons. The van der Waals surface area contributed by atoms with Crippen molar-refractivity contribution in [2.75, 3.05) is 5.73 Å². The van der Waals surface area contributed by atoms with Crippen molar-refractivity contribution < 1.29 is 13.2 Å². The van der Waals surface area contributed by atoms with Crippen LogP contribution in [0.4, 0.5) is 19.1 Å². The Hall–Kier alpha value is -4.44. The zero-order chi connectivity index (χ0) is 23.0. The van der Waals surface area contributed by atoms with E-state index >= 15 is 0 Å². The van der Waals surface area contributed by atoms with Crippen LogP contribution in [0, 0.1) is 29.6 Å². The molecule has 0 aliphatic heterocycles. The lowest BCUT2D eigenvalue weighted by atomic mass is 10.0. The predicted molar refractivity (Wildman–Crippen MR) is 110 cm³/mol. The standard InChI is InChI=1S/C22H14F3N7/c1-12-2-3-13(7-18(12)22(23,24)25)11-32-20-17(10-29-32)19(30-21(28)31-20)16-5-14(8-26)4-15(6-16)9-27/h2-7,10H,11H2,1H3,(H2,28,30,31). The molecule has 0 aliphatic rings. The van der Waals surface area contributed by atoms with Crippen molar-refractivity contribution in [2.45, 2.75) is 19.6 Å². The SMILES string of the molecule is Cc1ccc(Cn2ncc3c(-c4cc(C#N)cc(C#N)c4)nc(N)nc32)cc1C(F)(F)F. The van der Waals surface area contributed by atoms with Crippen LogP contribution >= 0.6 is 0 Å². The van der Waals surface area contributed by atoms with E-state index in [0.717, 1.165) is 6.07 Å². The van der Waals surface area contributed by atoms with E-state index in [9.17, 15) is 23.7 Å². The second-order valence-corrected chi connectivity index (χ2v) is 7.14. The first-order chi connectivity index (χ1) is 15.2. The molecule has 0 bridgehead atoms. The van der Waals surface area contributed by atoms with Crippen LogP contribution in [0.2, 0.25) is 0 Å². The highest BCUT2D eigenvalue weighted by molar-refractivity contribution is 5.91. The lowest BCUT2D eigenvalue weighted by Crippen LogP contribution is -2.10. The molecule has 4 rings (SSSR count). The van der Waals surface area contributed by atoms with Gasteiger partial charge in [-0.25, -0.2) is 9.67 Å². The summed E-state index contributed by atoms with van der Waals surface area (Å²) in [5, 5.41) is 23.3. The lowest BCUT2D eigenvalue weighted by Gasteiger charge is -2.12. The Morgan fingerprint density at radius 1 is 1.03 bits per heavy atom. The summed E-state index contributed by atoms with van der Waals surface area (Å²) >= 11 is 0. The molecular weight excluding hydrogens is 419 g/mol. The Bertz CT molecular complexity index is 1410. The van der Waals surface area contributed by atoms with Gasteiger partial charge in [-0.2, -0.15) is 33.8 Å². The predicted octanol–water partition coefficient (Wildman–Crippen LogP) is 4.19. The number of hydrogen-bond acceptors (Lipinski definition) is 6. The smallest absolute Gasteiger partial charge is 0.368 e. The fourth-order valence-electron chi connectivity index (χ4n) is 3.45. The highest BCUT2D eigenvalue weighted by Crippen LogP contribution is 2.33. The number of aromatic nitrogens is 4. The van der Waals surface area contributed by atoms with Crippen molar-refractivity contribution in [2.24, 2.45) is 0 Å². The summed E-state index contributed by atoms with van der Waals surface area (Å²) < 4.78 is 41.2. The van der Waals surface area contributed by atoms with Gasteiger partial charge in [0.15, 0.2) is 5.65 Å². The van der Waals surface area contributed by atoms with E-state index in [4.69, 9.17) is 5.73 Å². The van der Waals surface area contributed by atoms with E-state index in [1.807, 2.05) is 12.1 Å². The molecule has 0 saturated carbocycles. The number of hydrogen-bond donors (Lipinski definition) is 1. The first-order valence-corrected chi connectivity index (χ1v) is 9.31. The summed E-state index contributed by atoms with van der Waals surface area (Å²) in [6.45, 7) is 1.44. The third-order valence-electron chi connectivity index (χ3n) is 4.92. The number of nitriles is 2. The molecule has 0 unspecified atom stereocenters. The molecule has 0 atom stereocenters. The van der Waals surface area contributed by atoms with Gasteiger partial charge < -0.3 is 5.73 Å². The van der Waals surface area contributed by atoms with E-state index in [0.29, 0.717) is 27.9 Å². The molecule has 2 aromatic carbocycles. The summed E-state index contributed by atoms with van der Waals surface area (Å²) in [5.74, 6) is -0.0741. The van der Waals surface area contributed by atoms with E-state index in [1.165, 1.54) is 29.9 Å². The van der Waals surface area contributed by atoms with Gasteiger partial charge in [0.2, 0.25) is 5.95 Å². The lowest BCUT2D eigenvalue weighted by molar-refractivity contribution is -0.138. The average Bonchev–Trinajstić information content (AvgIpc) is 3.15. The summed E-state index contributed by atoms with van der Waals surface area (Å²) in [4.78, 5) is 8.45. The Kier molecular flexibility index (Phi) is 4.99. The van der Waals surface area contributed by atoms with Gasteiger partial charge in [0.05, 0.1) is 52.7 Å². The molecule has 0 radical (unpaired) electrons. The zero-order valence-corrected chi connectivity index (χ0v) is 16.6. The van der Waals surface area contributed by atoms with Gasteiger partial charge in [0, 0.05) is 5.56 Å². The molecular formula is C22H14F3N7. The molecule has 2 heterocycles. The largest absolute Gasteiger partial charge is 0.416 e. The van der Waals surface area contributed by atoms with Crippen LogP contribution in [-0.4, -0.2) is 19.7 Å². The van der Waals surface area contributed by atoms with Crippen molar-refractivity contribution in [1.82, 2.24) is 19.7 Å². The van der Waals surface area contributed by atoms with Gasteiger partial charge >= 0.3 is 6.18 Å². The Morgan fingerprint density at radius 2 is 1.72 bits per heavy atom. The quantitative estimate of drug-likeness (QED) is 0.518. The molecule has 0 spiro atoms.